The van der Waals surface area contributed by atoms with Gasteiger partial charge in [-0.3, -0.25) is 10.1 Å². The number of amides is 1. The maximum Gasteiger partial charge on any atom is 0.261 e. The van der Waals surface area contributed by atoms with E-state index in [1.165, 1.54) is 11.3 Å². The fourth-order valence-electron chi connectivity index (χ4n) is 1.71. The normalized spacial score (nSPS) is 10.6. The molecule has 0 aliphatic rings. The van der Waals surface area contributed by atoms with Gasteiger partial charge in [-0.1, -0.05) is 26.0 Å². The Bertz CT molecular complexity index is 593. The molecule has 0 radical (unpaired) electrons. The highest BCUT2D eigenvalue weighted by molar-refractivity contribution is 7.15. The van der Waals surface area contributed by atoms with Gasteiger partial charge in [-0.2, -0.15) is 0 Å². The number of benzene rings is 1. The smallest absolute Gasteiger partial charge is 0.261 e. The predicted molar refractivity (Wildman–Crippen MR) is 81.8 cm³/mol. The minimum absolute atomic E-state index is 0.196. The molecule has 0 unspecified atom stereocenters. The molecule has 1 amide bonds. The minimum atomic E-state index is -0.196. The number of thiazole rings is 1. The molecule has 1 N–H and O–H groups in total. The zero-order valence-electron chi connectivity index (χ0n) is 11.8. The summed E-state index contributed by atoms with van der Waals surface area (Å²) in [6.45, 7) is 6.62. The van der Waals surface area contributed by atoms with Crippen LogP contribution in [-0.2, 0) is 0 Å². The standard InChI is InChI=1S/C15H18N2O2S/c1-4-19-12-8-6-5-7-11(12)14(18)17-15-16-9-13(20-15)10(2)3/h5-10H,4H2,1-3H3,(H,16,17,18). The van der Waals surface area contributed by atoms with Crippen LogP contribution in [0.4, 0.5) is 5.13 Å². The van der Waals surface area contributed by atoms with E-state index < -0.39 is 0 Å². The Morgan fingerprint density at radius 3 is 2.80 bits per heavy atom. The molecule has 106 valence electrons. The molecule has 0 bridgehead atoms. The summed E-state index contributed by atoms with van der Waals surface area (Å²) in [7, 11) is 0. The van der Waals surface area contributed by atoms with Crippen molar-refractivity contribution >= 4 is 22.4 Å². The number of aromatic nitrogens is 1. The lowest BCUT2D eigenvalue weighted by Crippen LogP contribution is -2.13. The van der Waals surface area contributed by atoms with Gasteiger partial charge in [0.05, 0.1) is 12.2 Å². The predicted octanol–water partition coefficient (Wildman–Crippen LogP) is 3.92. The summed E-state index contributed by atoms with van der Waals surface area (Å²) in [5.74, 6) is 0.806. The Hall–Kier alpha value is -1.88. The molecule has 1 heterocycles. The highest BCUT2D eigenvalue weighted by Crippen LogP contribution is 2.26. The summed E-state index contributed by atoms with van der Waals surface area (Å²) >= 11 is 1.50. The zero-order valence-corrected chi connectivity index (χ0v) is 12.7. The van der Waals surface area contributed by atoms with Gasteiger partial charge in [0.2, 0.25) is 0 Å². The number of ether oxygens (including phenoxy) is 1. The second-order valence-corrected chi connectivity index (χ2v) is 5.67. The molecule has 2 aromatic rings. The van der Waals surface area contributed by atoms with Crippen LogP contribution < -0.4 is 10.1 Å². The first-order chi connectivity index (χ1) is 9.61. The van der Waals surface area contributed by atoms with Gasteiger partial charge >= 0.3 is 0 Å². The van der Waals surface area contributed by atoms with E-state index in [0.29, 0.717) is 29.0 Å². The summed E-state index contributed by atoms with van der Waals surface area (Å²) in [5, 5.41) is 3.44. The summed E-state index contributed by atoms with van der Waals surface area (Å²) in [4.78, 5) is 17.6. The van der Waals surface area contributed by atoms with Gasteiger partial charge < -0.3 is 4.74 Å². The third-order valence-electron chi connectivity index (χ3n) is 2.74. The molecule has 0 aliphatic carbocycles. The Labute approximate surface area is 122 Å². The van der Waals surface area contributed by atoms with Gasteiger partial charge in [-0.05, 0) is 25.0 Å². The molecule has 2 rings (SSSR count). The van der Waals surface area contributed by atoms with Gasteiger partial charge in [0, 0.05) is 11.1 Å². The molecule has 4 nitrogen and oxygen atoms in total. The van der Waals surface area contributed by atoms with Crippen LogP contribution in [0.3, 0.4) is 0 Å². The number of hydrogen-bond acceptors (Lipinski definition) is 4. The largest absolute Gasteiger partial charge is 0.493 e. The van der Waals surface area contributed by atoms with E-state index in [2.05, 4.69) is 24.1 Å². The first kappa shape index (κ1) is 14.5. The summed E-state index contributed by atoms with van der Waals surface area (Å²) in [5.41, 5.74) is 0.524. The zero-order chi connectivity index (χ0) is 14.5. The lowest BCUT2D eigenvalue weighted by atomic mass is 10.2. The van der Waals surface area contributed by atoms with Crippen molar-refractivity contribution in [3.63, 3.8) is 0 Å². The van der Waals surface area contributed by atoms with E-state index in [9.17, 15) is 4.79 Å². The topological polar surface area (TPSA) is 51.2 Å². The average molecular weight is 290 g/mol. The molecule has 1 aromatic carbocycles. The van der Waals surface area contributed by atoms with Crippen molar-refractivity contribution in [1.29, 1.82) is 0 Å². The number of para-hydroxylation sites is 1. The van der Waals surface area contributed by atoms with Crippen molar-refractivity contribution in [3.05, 3.63) is 40.9 Å². The van der Waals surface area contributed by atoms with Crippen LogP contribution in [-0.4, -0.2) is 17.5 Å². The van der Waals surface area contributed by atoms with E-state index >= 15 is 0 Å². The summed E-state index contributed by atoms with van der Waals surface area (Å²) in [6, 6.07) is 7.21. The third kappa shape index (κ3) is 3.36. The van der Waals surface area contributed by atoms with Gasteiger partial charge in [-0.25, -0.2) is 4.98 Å². The van der Waals surface area contributed by atoms with Crippen molar-refractivity contribution in [2.45, 2.75) is 26.7 Å². The van der Waals surface area contributed by atoms with Crippen molar-refractivity contribution in [1.82, 2.24) is 4.98 Å². The first-order valence-electron chi connectivity index (χ1n) is 6.60. The number of anilines is 1. The molecular weight excluding hydrogens is 272 g/mol. The van der Waals surface area contributed by atoms with Crippen LogP contribution in [0.1, 0.15) is 41.9 Å². The molecule has 0 fully saturated rings. The van der Waals surface area contributed by atoms with Gasteiger partial charge in [0.15, 0.2) is 5.13 Å². The number of hydrogen-bond donors (Lipinski definition) is 1. The fraction of sp³-hybridized carbons (Fsp3) is 0.333. The Kier molecular flexibility index (Phi) is 4.74. The van der Waals surface area contributed by atoms with Gasteiger partial charge in [0.1, 0.15) is 5.75 Å². The molecule has 0 saturated carbocycles. The Morgan fingerprint density at radius 2 is 2.15 bits per heavy atom. The van der Waals surface area contributed by atoms with Crippen molar-refractivity contribution in [2.75, 3.05) is 11.9 Å². The Morgan fingerprint density at radius 1 is 1.40 bits per heavy atom. The lowest BCUT2D eigenvalue weighted by Gasteiger charge is -2.08. The van der Waals surface area contributed by atoms with E-state index in [0.717, 1.165) is 4.88 Å². The van der Waals surface area contributed by atoms with Crippen molar-refractivity contribution in [3.8, 4) is 5.75 Å². The van der Waals surface area contributed by atoms with Gasteiger partial charge in [0.25, 0.3) is 5.91 Å². The lowest BCUT2D eigenvalue weighted by molar-refractivity contribution is 0.102. The number of carbonyl (C=O) groups is 1. The highest BCUT2D eigenvalue weighted by Gasteiger charge is 2.14. The molecule has 0 spiro atoms. The van der Waals surface area contributed by atoms with E-state index in [1.807, 2.05) is 19.1 Å². The quantitative estimate of drug-likeness (QED) is 0.908. The molecule has 20 heavy (non-hydrogen) atoms. The van der Waals surface area contributed by atoms with E-state index in [4.69, 9.17) is 4.74 Å². The maximum absolute atomic E-state index is 12.3. The highest BCUT2D eigenvalue weighted by atomic mass is 32.1. The number of nitrogens with one attached hydrogen (secondary N) is 1. The SMILES string of the molecule is CCOc1ccccc1C(=O)Nc1ncc(C(C)C)s1. The van der Waals surface area contributed by atoms with E-state index in [1.54, 1.807) is 18.3 Å². The van der Waals surface area contributed by atoms with Crippen LogP contribution in [0.15, 0.2) is 30.5 Å². The molecule has 0 saturated heterocycles. The van der Waals surface area contributed by atoms with Crippen LogP contribution in [0, 0.1) is 0 Å². The van der Waals surface area contributed by atoms with E-state index in [-0.39, 0.29) is 5.91 Å². The summed E-state index contributed by atoms with van der Waals surface area (Å²) in [6.07, 6.45) is 1.80. The fourth-order valence-corrected chi connectivity index (χ4v) is 2.52. The Balaban J connectivity index is 2.15. The second kappa shape index (κ2) is 6.52. The maximum atomic E-state index is 12.3. The van der Waals surface area contributed by atoms with Crippen LogP contribution >= 0.6 is 11.3 Å². The summed E-state index contributed by atoms with van der Waals surface area (Å²) < 4.78 is 5.46. The van der Waals surface area contributed by atoms with Gasteiger partial charge in [-0.15, -0.1) is 11.3 Å². The number of rotatable bonds is 5. The van der Waals surface area contributed by atoms with Crippen LogP contribution in [0.5, 0.6) is 5.75 Å². The van der Waals surface area contributed by atoms with Crippen molar-refractivity contribution < 1.29 is 9.53 Å². The average Bonchev–Trinajstić information content (AvgIpc) is 2.88. The monoisotopic (exact) mass is 290 g/mol. The molecule has 5 heteroatoms. The van der Waals surface area contributed by atoms with Crippen molar-refractivity contribution in [2.24, 2.45) is 0 Å². The molecular formula is C15H18N2O2S. The van der Waals surface area contributed by atoms with Crippen LogP contribution in [0.2, 0.25) is 0 Å². The number of carbonyl (C=O) groups excluding carboxylic acids is 1. The first-order valence-corrected chi connectivity index (χ1v) is 7.42. The van der Waals surface area contributed by atoms with Crippen LogP contribution in [0.25, 0.3) is 0 Å². The second-order valence-electron chi connectivity index (χ2n) is 4.61. The third-order valence-corrected chi connectivity index (χ3v) is 3.96. The minimum Gasteiger partial charge on any atom is -0.493 e. The molecule has 0 atom stereocenters. The molecule has 1 aromatic heterocycles. The number of nitrogens with zero attached hydrogens (tertiary/aromatic N) is 1. The molecule has 0 aliphatic heterocycles.